The van der Waals surface area contributed by atoms with Crippen LogP contribution in [0.1, 0.15) is 16.1 Å². The third-order valence-corrected chi connectivity index (χ3v) is 4.42. The third kappa shape index (κ3) is 2.29. The molecule has 1 nitrogen and oxygen atoms in total. The summed E-state index contributed by atoms with van der Waals surface area (Å²) in [6.45, 7) is 4.17. The zero-order valence-electron chi connectivity index (χ0n) is 8.75. The second-order valence-corrected chi connectivity index (χ2v) is 5.18. The van der Waals surface area contributed by atoms with Gasteiger partial charge in [0.1, 0.15) is 5.01 Å². The fraction of sp³-hybridized carbons (Fsp3) is 0.250. The van der Waals surface area contributed by atoms with Crippen molar-refractivity contribution < 1.29 is 0 Å². The summed E-state index contributed by atoms with van der Waals surface area (Å²) in [6.07, 6.45) is 0. The van der Waals surface area contributed by atoms with Gasteiger partial charge in [-0.15, -0.1) is 11.3 Å². The SMILES string of the molecule is Cc1cccc(-c2nc(C)c(CBr)s2)c1. The average Bonchev–Trinajstić information content (AvgIpc) is 2.60. The Bertz CT molecular complexity index is 476. The van der Waals surface area contributed by atoms with E-state index >= 15 is 0 Å². The summed E-state index contributed by atoms with van der Waals surface area (Å²) in [4.78, 5) is 5.89. The number of thiazole rings is 1. The molecule has 0 radical (unpaired) electrons. The van der Waals surface area contributed by atoms with Crippen molar-refractivity contribution >= 4 is 27.3 Å². The second kappa shape index (κ2) is 4.45. The minimum atomic E-state index is 0.891. The minimum Gasteiger partial charge on any atom is -0.241 e. The summed E-state index contributed by atoms with van der Waals surface area (Å²) in [7, 11) is 0. The molecule has 3 heteroatoms. The minimum absolute atomic E-state index is 0.891. The largest absolute Gasteiger partial charge is 0.241 e. The lowest BCUT2D eigenvalue weighted by molar-refractivity contribution is 1.22. The third-order valence-electron chi connectivity index (χ3n) is 2.28. The number of aryl methyl sites for hydroxylation is 2. The number of hydrogen-bond acceptors (Lipinski definition) is 2. The number of nitrogens with zero attached hydrogens (tertiary/aromatic N) is 1. The van der Waals surface area contributed by atoms with Crippen molar-refractivity contribution in [2.75, 3.05) is 0 Å². The molecule has 15 heavy (non-hydrogen) atoms. The van der Waals surface area contributed by atoms with Crippen molar-refractivity contribution in [3.8, 4) is 10.6 Å². The highest BCUT2D eigenvalue weighted by atomic mass is 79.9. The van der Waals surface area contributed by atoms with E-state index in [4.69, 9.17) is 0 Å². The van der Waals surface area contributed by atoms with E-state index in [1.54, 1.807) is 11.3 Å². The quantitative estimate of drug-likeness (QED) is 0.747. The molecule has 0 N–H and O–H groups in total. The molecule has 0 unspecified atom stereocenters. The standard InChI is InChI=1S/C12H12BrNS/c1-8-4-3-5-10(6-8)12-14-9(2)11(7-13)15-12/h3-6H,7H2,1-2H3. The molecule has 1 heterocycles. The maximum atomic E-state index is 4.58. The van der Waals surface area contributed by atoms with Crippen molar-refractivity contribution in [1.82, 2.24) is 4.98 Å². The monoisotopic (exact) mass is 281 g/mol. The molecule has 2 rings (SSSR count). The van der Waals surface area contributed by atoms with E-state index in [1.165, 1.54) is 16.0 Å². The Balaban J connectivity index is 2.45. The van der Waals surface area contributed by atoms with Crippen molar-refractivity contribution in [1.29, 1.82) is 0 Å². The van der Waals surface area contributed by atoms with Crippen LogP contribution in [0.15, 0.2) is 24.3 Å². The summed E-state index contributed by atoms with van der Waals surface area (Å²) in [5.74, 6) is 0. The van der Waals surface area contributed by atoms with Crippen molar-refractivity contribution in [3.05, 3.63) is 40.4 Å². The Kier molecular flexibility index (Phi) is 3.22. The normalized spacial score (nSPS) is 10.6. The van der Waals surface area contributed by atoms with Gasteiger partial charge in [0.25, 0.3) is 0 Å². The number of benzene rings is 1. The molecule has 2 aromatic rings. The number of hydrogen-bond donors (Lipinski definition) is 0. The van der Waals surface area contributed by atoms with Gasteiger partial charge < -0.3 is 0 Å². The van der Waals surface area contributed by atoms with E-state index in [0.29, 0.717) is 0 Å². The molecule has 78 valence electrons. The van der Waals surface area contributed by atoms with E-state index in [-0.39, 0.29) is 0 Å². The van der Waals surface area contributed by atoms with E-state index in [9.17, 15) is 0 Å². The smallest absolute Gasteiger partial charge is 0.123 e. The molecule has 0 aliphatic heterocycles. The van der Waals surface area contributed by atoms with Crippen LogP contribution in [0.4, 0.5) is 0 Å². The van der Waals surface area contributed by atoms with E-state index in [2.05, 4.69) is 59.0 Å². The first-order valence-electron chi connectivity index (χ1n) is 4.80. The average molecular weight is 282 g/mol. The maximum absolute atomic E-state index is 4.58. The van der Waals surface area contributed by atoms with Gasteiger partial charge in [-0.3, -0.25) is 0 Å². The van der Waals surface area contributed by atoms with Crippen LogP contribution in [0.5, 0.6) is 0 Å². The molecular weight excluding hydrogens is 270 g/mol. The fourth-order valence-electron chi connectivity index (χ4n) is 1.45. The Hall–Kier alpha value is -0.670. The molecule has 0 atom stereocenters. The first kappa shape index (κ1) is 10.8. The van der Waals surface area contributed by atoms with Gasteiger partial charge in [-0.25, -0.2) is 4.98 Å². The van der Waals surface area contributed by atoms with E-state index in [1.807, 2.05) is 0 Å². The summed E-state index contributed by atoms with van der Waals surface area (Å²) >= 11 is 5.24. The Morgan fingerprint density at radius 1 is 1.33 bits per heavy atom. The molecule has 0 bridgehead atoms. The van der Waals surface area contributed by atoms with Gasteiger partial charge in [0.15, 0.2) is 0 Å². The molecular formula is C12H12BrNS. The Labute approximate surface area is 102 Å². The van der Waals surface area contributed by atoms with Gasteiger partial charge in [0.05, 0.1) is 5.69 Å². The predicted octanol–water partition coefficient (Wildman–Crippen LogP) is 4.32. The van der Waals surface area contributed by atoms with Crippen LogP contribution in [-0.2, 0) is 5.33 Å². The first-order valence-corrected chi connectivity index (χ1v) is 6.74. The molecule has 0 saturated heterocycles. The fourth-order valence-corrected chi connectivity index (χ4v) is 3.11. The summed E-state index contributed by atoms with van der Waals surface area (Å²) in [5.41, 5.74) is 3.63. The van der Waals surface area contributed by atoms with Crippen LogP contribution in [-0.4, -0.2) is 4.98 Å². The summed E-state index contributed by atoms with van der Waals surface area (Å²) in [5, 5.41) is 2.01. The lowest BCUT2D eigenvalue weighted by atomic mass is 10.1. The van der Waals surface area contributed by atoms with Crippen LogP contribution in [0.2, 0.25) is 0 Å². The molecule has 0 spiro atoms. The summed E-state index contributed by atoms with van der Waals surface area (Å²) in [6, 6.07) is 8.48. The molecule has 1 aromatic carbocycles. The lowest BCUT2D eigenvalue weighted by Gasteiger charge is -1.96. The zero-order valence-corrected chi connectivity index (χ0v) is 11.2. The molecule has 0 saturated carbocycles. The molecule has 0 amide bonds. The van der Waals surface area contributed by atoms with E-state index in [0.717, 1.165) is 16.0 Å². The number of rotatable bonds is 2. The molecule has 0 aliphatic carbocycles. The van der Waals surface area contributed by atoms with Crippen molar-refractivity contribution in [2.45, 2.75) is 19.2 Å². The summed E-state index contributed by atoms with van der Waals surface area (Å²) < 4.78 is 0. The number of alkyl halides is 1. The van der Waals surface area contributed by atoms with Gasteiger partial charge in [0, 0.05) is 15.8 Å². The van der Waals surface area contributed by atoms with E-state index < -0.39 is 0 Å². The number of halogens is 1. The van der Waals surface area contributed by atoms with Gasteiger partial charge >= 0.3 is 0 Å². The molecule has 1 aromatic heterocycles. The highest BCUT2D eigenvalue weighted by Crippen LogP contribution is 2.29. The van der Waals surface area contributed by atoms with Gasteiger partial charge in [0.2, 0.25) is 0 Å². The van der Waals surface area contributed by atoms with Crippen LogP contribution in [0.3, 0.4) is 0 Å². The lowest BCUT2D eigenvalue weighted by Crippen LogP contribution is -1.79. The first-order chi connectivity index (χ1) is 7.20. The zero-order chi connectivity index (χ0) is 10.8. The van der Waals surface area contributed by atoms with Gasteiger partial charge in [-0.1, -0.05) is 39.7 Å². The van der Waals surface area contributed by atoms with Gasteiger partial charge in [-0.05, 0) is 19.9 Å². The highest BCUT2D eigenvalue weighted by Gasteiger charge is 2.07. The van der Waals surface area contributed by atoms with Crippen LogP contribution >= 0.6 is 27.3 Å². The Morgan fingerprint density at radius 3 is 2.73 bits per heavy atom. The Morgan fingerprint density at radius 2 is 2.13 bits per heavy atom. The maximum Gasteiger partial charge on any atom is 0.123 e. The predicted molar refractivity (Wildman–Crippen MR) is 69.7 cm³/mol. The molecule has 0 aliphatic rings. The molecule has 0 fully saturated rings. The second-order valence-electron chi connectivity index (χ2n) is 3.53. The topological polar surface area (TPSA) is 12.9 Å². The van der Waals surface area contributed by atoms with Crippen molar-refractivity contribution in [2.24, 2.45) is 0 Å². The van der Waals surface area contributed by atoms with Crippen LogP contribution in [0, 0.1) is 13.8 Å². The van der Waals surface area contributed by atoms with Crippen LogP contribution < -0.4 is 0 Å². The van der Waals surface area contributed by atoms with Crippen LogP contribution in [0.25, 0.3) is 10.6 Å². The van der Waals surface area contributed by atoms with Gasteiger partial charge in [-0.2, -0.15) is 0 Å². The van der Waals surface area contributed by atoms with Crippen molar-refractivity contribution in [3.63, 3.8) is 0 Å². The highest BCUT2D eigenvalue weighted by molar-refractivity contribution is 9.08. The number of aromatic nitrogens is 1.